The Kier molecular flexibility index (Phi) is 8.38. The fraction of sp³-hybridized carbons (Fsp3) is 0.360. The quantitative estimate of drug-likeness (QED) is 0.436. The number of piperidine rings is 1. The second-order valence-electron chi connectivity index (χ2n) is 8.48. The van der Waals surface area contributed by atoms with E-state index in [-0.39, 0.29) is 17.7 Å². The molecule has 2 N–H and O–H groups in total. The number of anilines is 1. The molecule has 184 valence electrons. The van der Waals surface area contributed by atoms with Gasteiger partial charge >= 0.3 is 0 Å². The first-order valence-electron chi connectivity index (χ1n) is 11.6. The molecule has 35 heavy (non-hydrogen) atoms. The van der Waals surface area contributed by atoms with E-state index in [0.29, 0.717) is 64.5 Å². The van der Waals surface area contributed by atoms with Crippen molar-refractivity contribution in [1.82, 2.24) is 20.4 Å². The number of amides is 2. The molecule has 0 bridgehead atoms. The van der Waals surface area contributed by atoms with Crippen LogP contribution in [0.15, 0.2) is 47.0 Å². The first-order chi connectivity index (χ1) is 16.9. The highest BCUT2D eigenvalue weighted by molar-refractivity contribution is 6.36. The van der Waals surface area contributed by atoms with Gasteiger partial charge in [-0.2, -0.15) is 4.98 Å². The molecule has 0 unspecified atom stereocenters. The lowest BCUT2D eigenvalue weighted by Gasteiger charge is -2.30. The first-order valence-corrected chi connectivity index (χ1v) is 12.4. The van der Waals surface area contributed by atoms with Gasteiger partial charge in [0.25, 0.3) is 5.91 Å². The summed E-state index contributed by atoms with van der Waals surface area (Å²) in [7, 11) is 0. The molecule has 4 rings (SSSR count). The Morgan fingerprint density at radius 2 is 1.91 bits per heavy atom. The van der Waals surface area contributed by atoms with E-state index in [1.165, 1.54) is 0 Å². The Morgan fingerprint density at radius 3 is 2.66 bits per heavy atom. The maximum atomic E-state index is 12.9. The van der Waals surface area contributed by atoms with E-state index in [1.807, 2.05) is 13.0 Å². The Balaban J connectivity index is 1.31. The normalized spacial score (nSPS) is 14.6. The van der Waals surface area contributed by atoms with E-state index in [0.717, 1.165) is 19.5 Å². The molecule has 0 aliphatic carbocycles. The van der Waals surface area contributed by atoms with Crippen LogP contribution in [0, 0.1) is 5.92 Å². The van der Waals surface area contributed by atoms with Gasteiger partial charge in [0.2, 0.25) is 17.6 Å². The number of hydrogen-bond donors (Lipinski definition) is 2. The zero-order chi connectivity index (χ0) is 24.8. The Bertz CT molecular complexity index is 1190. The number of carbonyl (C=O) groups excluding carboxylic acids is 2. The minimum Gasteiger partial charge on any atom is -0.352 e. The molecule has 1 fully saturated rings. The second-order valence-corrected chi connectivity index (χ2v) is 9.32. The second kappa shape index (κ2) is 11.7. The molecule has 2 heterocycles. The maximum absolute atomic E-state index is 12.9. The van der Waals surface area contributed by atoms with Crippen LogP contribution in [0.2, 0.25) is 10.0 Å². The summed E-state index contributed by atoms with van der Waals surface area (Å²) in [4.78, 5) is 32.0. The largest absolute Gasteiger partial charge is 0.352 e. The zero-order valence-corrected chi connectivity index (χ0v) is 20.9. The topological polar surface area (TPSA) is 100 Å². The van der Waals surface area contributed by atoms with Crippen LogP contribution < -0.4 is 10.6 Å². The third-order valence-electron chi connectivity index (χ3n) is 5.92. The molecule has 1 aliphatic rings. The molecular weight excluding hydrogens is 489 g/mol. The smallest absolute Gasteiger partial charge is 0.253 e. The minimum absolute atomic E-state index is 0.0714. The molecular formula is C25H27Cl2N5O3. The summed E-state index contributed by atoms with van der Waals surface area (Å²) < 4.78 is 5.41. The molecule has 2 amide bonds. The van der Waals surface area contributed by atoms with Crippen LogP contribution in [-0.2, 0) is 11.3 Å². The van der Waals surface area contributed by atoms with Gasteiger partial charge in [-0.3, -0.25) is 14.5 Å². The number of carbonyl (C=O) groups is 2. The van der Waals surface area contributed by atoms with Gasteiger partial charge in [-0.15, -0.1) is 0 Å². The summed E-state index contributed by atoms with van der Waals surface area (Å²) in [5, 5.41) is 10.8. The predicted molar refractivity (Wildman–Crippen MR) is 135 cm³/mol. The van der Waals surface area contributed by atoms with Crippen LogP contribution in [0.25, 0.3) is 11.4 Å². The summed E-state index contributed by atoms with van der Waals surface area (Å²) in [5.74, 6) is 0.511. The van der Waals surface area contributed by atoms with Crippen molar-refractivity contribution in [2.24, 2.45) is 5.92 Å². The standard InChI is InChI=1S/C25H27Cl2N5O3/c1-2-11-28-25(34)19-5-3-4-6-21(19)29-24(33)16-9-12-32(13-10-16)15-22-30-23(31-35-22)18-8-7-17(26)14-20(18)27/h3-8,14,16H,2,9-13,15H2,1H3,(H,28,34)(H,29,33). The third kappa shape index (κ3) is 6.39. The van der Waals surface area contributed by atoms with Gasteiger partial charge in [-0.25, -0.2) is 0 Å². The Hall–Kier alpha value is -2.94. The average molecular weight is 516 g/mol. The summed E-state index contributed by atoms with van der Waals surface area (Å²) in [6, 6.07) is 12.2. The van der Waals surface area contributed by atoms with Gasteiger partial charge in [-0.1, -0.05) is 47.4 Å². The number of likely N-dealkylation sites (tertiary alicyclic amines) is 1. The van der Waals surface area contributed by atoms with Crippen molar-refractivity contribution < 1.29 is 14.1 Å². The van der Waals surface area contributed by atoms with E-state index in [1.54, 1.807) is 36.4 Å². The number of benzene rings is 2. The SMILES string of the molecule is CCCNC(=O)c1ccccc1NC(=O)C1CCN(Cc2nc(-c3ccc(Cl)cc3Cl)no2)CC1. The fourth-order valence-corrected chi connectivity index (χ4v) is 4.50. The van der Waals surface area contributed by atoms with Crippen molar-refractivity contribution >= 4 is 40.7 Å². The highest BCUT2D eigenvalue weighted by atomic mass is 35.5. The number of rotatable bonds is 8. The van der Waals surface area contributed by atoms with E-state index >= 15 is 0 Å². The lowest BCUT2D eigenvalue weighted by Crippen LogP contribution is -2.38. The summed E-state index contributed by atoms with van der Waals surface area (Å²) >= 11 is 12.2. The van der Waals surface area contributed by atoms with Crippen LogP contribution in [0.3, 0.4) is 0 Å². The fourth-order valence-electron chi connectivity index (χ4n) is 4.00. The van der Waals surface area contributed by atoms with Crippen LogP contribution in [0.4, 0.5) is 5.69 Å². The highest BCUT2D eigenvalue weighted by Gasteiger charge is 2.27. The van der Waals surface area contributed by atoms with E-state index in [2.05, 4.69) is 25.7 Å². The van der Waals surface area contributed by atoms with Crippen molar-refractivity contribution in [2.75, 3.05) is 25.0 Å². The molecule has 0 saturated carbocycles. The predicted octanol–water partition coefficient (Wildman–Crippen LogP) is 5.03. The lowest BCUT2D eigenvalue weighted by molar-refractivity contribution is -0.121. The van der Waals surface area contributed by atoms with Crippen LogP contribution >= 0.6 is 23.2 Å². The maximum Gasteiger partial charge on any atom is 0.253 e. The van der Waals surface area contributed by atoms with Crippen LogP contribution in [-0.4, -0.2) is 46.5 Å². The molecule has 0 radical (unpaired) electrons. The molecule has 3 aromatic rings. The summed E-state index contributed by atoms with van der Waals surface area (Å²) in [6.07, 6.45) is 2.23. The van der Waals surface area contributed by atoms with Gasteiger partial charge in [0.15, 0.2) is 0 Å². The number of para-hydroxylation sites is 1. The first kappa shape index (κ1) is 25.2. The molecule has 10 heteroatoms. The van der Waals surface area contributed by atoms with Crippen molar-refractivity contribution in [3.8, 4) is 11.4 Å². The monoisotopic (exact) mass is 515 g/mol. The van der Waals surface area contributed by atoms with Gasteiger partial charge < -0.3 is 15.2 Å². The zero-order valence-electron chi connectivity index (χ0n) is 19.4. The Labute approximate surface area is 214 Å². The van der Waals surface area contributed by atoms with E-state index < -0.39 is 0 Å². The van der Waals surface area contributed by atoms with Crippen LogP contribution in [0.5, 0.6) is 0 Å². The van der Waals surface area contributed by atoms with E-state index in [9.17, 15) is 9.59 Å². The Morgan fingerprint density at radius 1 is 1.14 bits per heavy atom. The number of nitrogens with one attached hydrogen (secondary N) is 2. The van der Waals surface area contributed by atoms with Crippen molar-refractivity contribution in [1.29, 1.82) is 0 Å². The number of hydrogen-bond acceptors (Lipinski definition) is 6. The number of nitrogens with zero attached hydrogens (tertiary/aromatic N) is 3. The minimum atomic E-state index is -0.184. The molecule has 1 aliphatic heterocycles. The van der Waals surface area contributed by atoms with Gasteiger partial charge in [-0.05, 0) is 62.7 Å². The average Bonchev–Trinajstić information content (AvgIpc) is 3.31. The van der Waals surface area contributed by atoms with Crippen molar-refractivity contribution in [3.05, 3.63) is 64.0 Å². The highest BCUT2D eigenvalue weighted by Crippen LogP contribution is 2.29. The number of aromatic nitrogens is 2. The van der Waals surface area contributed by atoms with Gasteiger partial charge in [0.05, 0.1) is 22.8 Å². The van der Waals surface area contributed by atoms with Crippen molar-refractivity contribution in [3.63, 3.8) is 0 Å². The molecule has 1 saturated heterocycles. The molecule has 0 spiro atoms. The molecule has 2 aromatic carbocycles. The third-order valence-corrected chi connectivity index (χ3v) is 6.47. The molecule has 8 nitrogen and oxygen atoms in total. The summed E-state index contributed by atoms with van der Waals surface area (Å²) in [6.45, 7) is 4.51. The number of halogens is 2. The molecule has 0 atom stereocenters. The van der Waals surface area contributed by atoms with Crippen molar-refractivity contribution in [2.45, 2.75) is 32.7 Å². The van der Waals surface area contributed by atoms with Gasteiger partial charge in [0, 0.05) is 23.0 Å². The van der Waals surface area contributed by atoms with Gasteiger partial charge in [0.1, 0.15) is 0 Å². The summed E-state index contributed by atoms with van der Waals surface area (Å²) in [5.41, 5.74) is 1.66. The lowest BCUT2D eigenvalue weighted by atomic mass is 9.95. The molecule has 1 aromatic heterocycles. The van der Waals surface area contributed by atoms with Crippen LogP contribution in [0.1, 0.15) is 42.4 Å². The van der Waals surface area contributed by atoms with E-state index in [4.69, 9.17) is 27.7 Å².